The molecule has 9 heteroatoms. The Labute approximate surface area is 307 Å². The minimum absolute atomic E-state index is 0.0482. The van der Waals surface area contributed by atoms with Gasteiger partial charge in [-0.1, -0.05) is 34.6 Å². The third kappa shape index (κ3) is 5.34. The standard InChI is InChI=1S/C42H70N2O7/c1-25-22-28(36(38(5,6)47)49-26(2)45)50-34-33(25)39(7)16-17-42-24-41(42)15-12-31(37(3,4)29(41)10-11-30(42)40(39,8)35(34)46)51-32-23-44(20-21-48-32)27-13-18-43(9)19-14-27/h25,27-36,46-47H,10-24H2,1-9H3/t25-,28?,29+,30?,31+,32+,33+,34?,35+,36+,39-,40-,41-,42+/m1/s1. The molecule has 2 N–H and O–H groups in total. The molecule has 0 aromatic heterocycles. The fourth-order valence-corrected chi connectivity index (χ4v) is 15.2. The number of aliphatic hydroxyl groups excluding tert-OH is 1. The van der Waals surface area contributed by atoms with Crippen LogP contribution in [-0.4, -0.2) is 114 Å². The van der Waals surface area contributed by atoms with Crippen LogP contribution >= 0.6 is 0 Å². The molecule has 0 amide bonds. The molecule has 0 aromatic rings. The number of hydrogen-bond acceptors (Lipinski definition) is 9. The zero-order valence-electron chi connectivity index (χ0n) is 33.3. The molecule has 3 unspecified atom stereocenters. The molecule has 5 aliphatic carbocycles. The molecule has 8 aliphatic rings. The Morgan fingerprint density at radius 3 is 2.33 bits per heavy atom. The summed E-state index contributed by atoms with van der Waals surface area (Å²) >= 11 is 0. The molecule has 2 spiro atoms. The molecule has 14 atom stereocenters. The second kappa shape index (κ2) is 12.3. The quantitative estimate of drug-likeness (QED) is 0.339. The number of fused-ring (bicyclic) bond motifs is 4. The van der Waals surface area contributed by atoms with Gasteiger partial charge >= 0.3 is 5.97 Å². The second-order valence-corrected chi connectivity index (χ2v) is 20.7. The third-order valence-corrected chi connectivity index (χ3v) is 17.7. The minimum Gasteiger partial charge on any atom is -0.457 e. The highest BCUT2D eigenvalue weighted by atomic mass is 16.7. The maximum absolute atomic E-state index is 12.6. The first-order valence-corrected chi connectivity index (χ1v) is 20.8. The van der Waals surface area contributed by atoms with Crippen molar-refractivity contribution in [1.29, 1.82) is 0 Å². The number of likely N-dealkylation sites (tertiary alicyclic amines) is 1. The van der Waals surface area contributed by atoms with E-state index in [-0.39, 0.29) is 52.0 Å². The molecule has 8 rings (SSSR count). The number of rotatable bonds is 6. The molecule has 0 aromatic carbocycles. The third-order valence-electron chi connectivity index (χ3n) is 17.7. The van der Waals surface area contributed by atoms with Crippen molar-refractivity contribution >= 4 is 5.97 Å². The summed E-state index contributed by atoms with van der Waals surface area (Å²) in [5.74, 6) is 1.15. The lowest BCUT2D eigenvalue weighted by Crippen LogP contribution is -2.60. The average molecular weight is 715 g/mol. The molecule has 290 valence electrons. The van der Waals surface area contributed by atoms with Gasteiger partial charge in [0.05, 0.1) is 36.6 Å². The monoisotopic (exact) mass is 715 g/mol. The summed E-state index contributed by atoms with van der Waals surface area (Å²) in [6.45, 7) is 22.0. The van der Waals surface area contributed by atoms with Gasteiger partial charge in [-0.05, 0) is 144 Å². The summed E-state index contributed by atoms with van der Waals surface area (Å²) in [5.41, 5.74) is -0.920. The summed E-state index contributed by atoms with van der Waals surface area (Å²) in [7, 11) is 2.24. The molecule has 0 radical (unpaired) electrons. The van der Waals surface area contributed by atoms with Crippen molar-refractivity contribution < 1.29 is 34.0 Å². The van der Waals surface area contributed by atoms with E-state index in [1.54, 1.807) is 13.8 Å². The van der Waals surface area contributed by atoms with Crippen LogP contribution in [0.25, 0.3) is 0 Å². The molecule has 3 saturated heterocycles. The van der Waals surface area contributed by atoms with Crippen molar-refractivity contribution in [2.75, 3.05) is 39.8 Å². The largest absolute Gasteiger partial charge is 0.457 e. The molecular formula is C42H70N2O7. The minimum atomic E-state index is -1.25. The molecule has 51 heavy (non-hydrogen) atoms. The number of morpholine rings is 1. The van der Waals surface area contributed by atoms with Crippen molar-refractivity contribution in [2.24, 2.45) is 50.7 Å². The Balaban J connectivity index is 0.999. The highest BCUT2D eigenvalue weighted by Gasteiger charge is 2.84. The van der Waals surface area contributed by atoms with Gasteiger partial charge in [0.2, 0.25) is 0 Å². The number of piperidine rings is 1. The highest BCUT2D eigenvalue weighted by Crippen LogP contribution is 2.89. The van der Waals surface area contributed by atoms with E-state index < -0.39 is 29.9 Å². The summed E-state index contributed by atoms with van der Waals surface area (Å²) in [4.78, 5) is 17.2. The van der Waals surface area contributed by atoms with Crippen LogP contribution in [0.3, 0.4) is 0 Å². The van der Waals surface area contributed by atoms with E-state index >= 15 is 0 Å². The van der Waals surface area contributed by atoms with E-state index in [0.29, 0.717) is 29.7 Å². The fourth-order valence-electron chi connectivity index (χ4n) is 15.2. The SMILES string of the molecule is CC(=O)O[C@@H](C1C[C@@H](C)[C@H]2C(O1)[C@H](O)[C@@]1(C)C3CC[C@H]4C(C)(C)[C@@H](O[C@H]5CN(C6CCN(C)CC6)CCO5)CC[C@@]45C[C@@]35CC[C@]21C)C(C)(C)O. The molecule has 3 heterocycles. The molecule has 5 saturated carbocycles. The van der Waals surface area contributed by atoms with E-state index in [1.807, 2.05) is 0 Å². The van der Waals surface area contributed by atoms with Crippen LogP contribution in [-0.2, 0) is 23.7 Å². The lowest BCUT2D eigenvalue weighted by Gasteiger charge is -2.64. The Morgan fingerprint density at radius 1 is 0.961 bits per heavy atom. The fraction of sp³-hybridized carbons (Fsp3) is 0.976. The van der Waals surface area contributed by atoms with Crippen molar-refractivity contribution in [2.45, 2.75) is 168 Å². The first-order valence-electron chi connectivity index (χ1n) is 20.8. The Morgan fingerprint density at radius 2 is 1.65 bits per heavy atom. The number of carbonyl (C=O) groups is 1. The van der Waals surface area contributed by atoms with Gasteiger partial charge in [-0.2, -0.15) is 0 Å². The smallest absolute Gasteiger partial charge is 0.303 e. The number of ether oxygens (including phenoxy) is 4. The summed E-state index contributed by atoms with van der Waals surface area (Å²) < 4.78 is 26.0. The predicted octanol–water partition coefficient (Wildman–Crippen LogP) is 5.64. The van der Waals surface area contributed by atoms with E-state index in [9.17, 15) is 15.0 Å². The van der Waals surface area contributed by atoms with Crippen molar-refractivity contribution in [3.8, 4) is 0 Å². The van der Waals surface area contributed by atoms with E-state index in [4.69, 9.17) is 18.9 Å². The molecule has 9 nitrogen and oxygen atoms in total. The zero-order valence-corrected chi connectivity index (χ0v) is 33.3. The van der Waals surface area contributed by atoms with Crippen LogP contribution in [0.5, 0.6) is 0 Å². The molecule has 3 aliphatic heterocycles. The first kappa shape index (κ1) is 37.1. The van der Waals surface area contributed by atoms with Crippen LogP contribution in [0, 0.1) is 50.7 Å². The number of esters is 1. The van der Waals surface area contributed by atoms with E-state index in [2.05, 4.69) is 51.5 Å². The van der Waals surface area contributed by atoms with Crippen molar-refractivity contribution in [1.82, 2.24) is 9.80 Å². The number of nitrogens with zero attached hydrogens (tertiary/aromatic N) is 2. The lowest BCUT2D eigenvalue weighted by molar-refractivity contribution is -0.251. The van der Waals surface area contributed by atoms with Crippen LogP contribution in [0.4, 0.5) is 0 Å². The molecular weight excluding hydrogens is 644 g/mol. The van der Waals surface area contributed by atoms with Gasteiger partial charge in [0.1, 0.15) is 0 Å². The molecule has 0 bridgehead atoms. The van der Waals surface area contributed by atoms with E-state index in [1.165, 1.54) is 58.5 Å². The highest BCUT2D eigenvalue weighted by molar-refractivity contribution is 5.66. The lowest BCUT2D eigenvalue weighted by atomic mass is 9.41. The van der Waals surface area contributed by atoms with E-state index in [0.717, 1.165) is 39.0 Å². The number of hydrogen-bond donors (Lipinski definition) is 2. The normalized spacial score (nSPS) is 50.6. The van der Waals surface area contributed by atoms with Gasteiger partial charge in [0.15, 0.2) is 12.4 Å². The maximum atomic E-state index is 12.6. The van der Waals surface area contributed by atoms with Gasteiger partial charge in [0.25, 0.3) is 0 Å². The summed E-state index contributed by atoms with van der Waals surface area (Å²) in [6.07, 6.45) is 9.35. The Kier molecular flexibility index (Phi) is 8.99. The van der Waals surface area contributed by atoms with Crippen LogP contribution in [0.15, 0.2) is 0 Å². The van der Waals surface area contributed by atoms with Crippen molar-refractivity contribution in [3.63, 3.8) is 0 Å². The summed E-state index contributed by atoms with van der Waals surface area (Å²) in [5, 5.41) is 23.7. The molecule has 8 fully saturated rings. The number of carbonyl (C=O) groups excluding carboxylic acids is 1. The van der Waals surface area contributed by atoms with Crippen LogP contribution in [0.1, 0.15) is 120 Å². The van der Waals surface area contributed by atoms with Gasteiger partial charge in [-0.15, -0.1) is 0 Å². The van der Waals surface area contributed by atoms with Crippen LogP contribution in [0.2, 0.25) is 0 Å². The van der Waals surface area contributed by atoms with Gasteiger partial charge in [-0.25, -0.2) is 0 Å². The summed E-state index contributed by atoms with van der Waals surface area (Å²) in [6, 6.07) is 0.643. The zero-order chi connectivity index (χ0) is 36.5. The topological polar surface area (TPSA) is 101 Å². The Hall–Kier alpha value is -0.810. The van der Waals surface area contributed by atoms with Crippen LogP contribution < -0.4 is 0 Å². The maximum Gasteiger partial charge on any atom is 0.303 e. The average Bonchev–Trinajstić information content (AvgIpc) is 3.69. The predicted molar refractivity (Wildman–Crippen MR) is 195 cm³/mol. The van der Waals surface area contributed by atoms with Crippen molar-refractivity contribution in [3.05, 3.63) is 0 Å². The first-order chi connectivity index (χ1) is 23.9. The number of aliphatic hydroxyl groups is 2. The second-order valence-electron chi connectivity index (χ2n) is 20.7. The Bertz CT molecular complexity index is 1340. The van der Waals surface area contributed by atoms with Gasteiger partial charge in [-0.3, -0.25) is 9.69 Å². The van der Waals surface area contributed by atoms with Gasteiger partial charge < -0.3 is 34.1 Å². The van der Waals surface area contributed by atoms with Gasteiger partial charge in [0, 0.05) is 31.5 Å².